The van der Waals surface area contributed by atoms with Crippen molar-refractivity contribution in [3.05, 3.63) is 0 Å². The van der Waals surface area contributed by atoms with E-state index >= 15 is 0 Å². The summed E-state index contributed by atoms with van der Waals surface area (Å²) in [6, 6.07) is 0. The van der Waals surface area contributed by atoms with E-state index in [1.54, 1.807) is 0 Å². The monoisotopic (exact) mass is 518 g/mol. The molecule has 5 aliphatic rings. The van der Waals surface area contributed by atoms with E-state index in [2.05, 4.69) is 20.8 Å². The summed E-state index contributed by atoms with van der Waals surface area (Å²) in [7, 11) is 0. The van der Waals surface area contributed by atoms with E-state index in [0.717, 1.165) is 32.1 Å². The molecular weight excluding hydrogens is 468 g/mol. The maximum absolute atomic E-state index is 12.8. The maximum atomic E-state index is 12.8. The topological polar surface area (TPSA) is 93.1 Å². The standard InChI is InChI=1S/C31H50O6/c1-18(6-9-26(34)37-29(2,3)20-16-27(35)36-17-20)22-7-8-23-28-24(11-13-31(22,23)5)30(4)12-10-21(32)14-19(30)15-25(28)33/h18-25,28,32-33H,6-17H2,1-5H3/t18?,19?,20?,21-,22?,23?,24?,25?,28?,30?,31?/m1/s1. The molecule has 1 saturated heterocycles. The molecule has 5 fully saturated rings. The predicted octanol–water partition coefficient (Wildman–Crippen LogP) is 5.28. The first-order valence-electron chi connectivity index (χ1n) is 15.1. The summed E-state index contributed by atoms with van der Waals surface area (Å²) in [5.41, 5.74) is -0.237. The van der Waals surface area contributed by atoms with Gasteiger partial charge in [0.2, 0.25) is 0 Å². The highest BCUT2D eigenvalue weighted by atomic mass is 16.6. The quantitative estimate of drug-likeness (QED) is 0.465. The molecule has 0 radical (unpaired) electrons. The second-order valence-corrected chi connectivity index (χ2v) is 14.6. The lowest BCUT2D eigenvalue weighted by molar-refractivity contribution is -0.174. The van der Waals surface area contributed by atoms with E-state index in [4.69, 9.17) is 9.47 Å². The average molecular weight is 519 g/mol. The van der Waals surface area contributed by atoms with Crippen molar-refractivity contribution < 1.29 is 29.3 Å². The zero-order valence-electron chi connectivity index (χ0n) is 23.7. The van der Waals surface area contributed by atoms with Gasteiger partial charge in [0, 0.05) is 12.3 Å². The Morgan fingerprint density at radius 2 is 1.78 bits per heavy atom. The summed E-state index contributed by atoms with van der Waals surface area (Å²) in [5, 5.41) is 21.8. The van der Waals surface area contributed by atoms with Crippen LogP contribution in [0.5, 0.6) is 0 Å². The van der Waals surface area contributed by atoms with Gasteiger partial charge in [0.05, 0.1) is 25.2 Å². The van der Waals surface area contributed by atoms with Crippen molar-refractivity contribution in [2.45, 2.75) is 123 Å². The van der Waals surface area contributed by atoms with Crippen LogP contribution in [0.25, 0.3) is 0 Å². The lowest BCUT2D eigenvalue weighted by Gasteiger charge is -2.62. The Kier molecular flexibility index (Phi) is 7.26. The van der Waals surface area contributed by atoms with E-state index in [1.807, 2.05) is 13.8 Å². The minimum Gasteiger partial charge on any atom is -0.465 e. The van der Waals surface area contributed by atoms with Gasteiger partial charge < -0.3 is 19.7 Å². The molecule has 0 aromatic heterocycles. The predicted molar refractivity (Wildman–Crippen MR) is 140 cm³/mol. The molecule has 10 unspecified atom stereocenters. The summed E-state index contributed by atoms with van der Waals surface area (Å²) >= 11 is 0. The number of aliphatic hydroxyl groups excluding tert-OH is 2. The van der Waals surface area contributed by atoms with E-state index in [9.17, 15) is 19.8 Å². The summed E-state index contributed by atoms with van der Waals surface area (Å²) < 4.78 is 10.9. The minimum atomic E-state index is -0.699. The van der Waals surface area contributed by atoms with Crippen LogP contribution in [0.15, 0.2) is 0 Å². The molecule has 5 rings (SSSR count). The number of cyclic esters (lactones) is 1. The second-order valence-electron chi connectivity index (χ2n) is 14.6. The van der Waals surface area contributed by atoms with Gasteiger partial charge in [0.1, 0.15) is 5.60 Å². The molecule has 0 amide bonds. The first kappa shape index (κ1) is 27.4. The largest absolute Gasteiger partial charge is 0.465 e. The fourth-order valence-corrected chi connectivity index (χ4v) is 10.1. The molecule has 0 bridgehead atoms. The number of carbonyl (C=O) groups excluding carboxylic acids is 2. The van der Waals surface area contributed by atoms with Crippen LogP contribution in [0.3, 0.4) is 0 Å². The second kappa shape index (κ2) is 9.80. The molecule has 0 aromatic carbocycles. The normalized spacial score (nSPS) is 46.4. The summed E-state index contributed by atoms with van der Waals surface area (Å²) in [5.74, 6) is 2.43. The third-order valence-corrected chi connectivity index (χ3v) is 12.4. The molecule has 37 heavy (non-hydrogen) atoms. The van der Waals surface area contributed by atoms with Gasteiger partial charge in [-0.1, -0.05) is 20.8 Å². The van der Waals surface area contributed by atoms with E-state index in [0.29, 0.717) is 55.0 Å². The average Bonchev–Trinajstić information content (AvgIpc) is 3.42. The van der Waals surface area contributed by atoms with Crippen LogP contribution in [0, 0.1) is 52.3 Å². The fraction of sp³-hybridized carbons (Fsp3) is 0.935. The van der Waals surface area contributed by atoms with E-state index in [1.165, 1.54) is 25.7 Å². The highest BCUT2D eigenvalue weighted by molar-refractivity contribution is 5.72. The van der Waals surface area contributed by atoms with Gasteiger partial charge in [-0.15, -0.1) is 0 Å². The molecule has 4 saturated carbocycles. The highest BCUT2D eigenvalue weighted by Gasteiger charge is 2.62. The Morgan fingerprint density at radius 3 is 2.49 bits per heavy atom. The van der Waals surface area contributed by atoms with Crippen molar-refractivity contribution >= 4 is 11.9 Å². The van der Waals surface area contributed by atoms with Gasteiger partial charge in [-0.2, -0.15) is 0 Å². The van der Waals surface area contributed by atoms with E-state index < -0.39 is 5.60 Å². The number of ether oxygens (including phenoxy) is 2. The number of carbonyl (C=O) groups is 2. The molecule has 2 N–H and O–H groups in total. The van der Waals surface area contributed by atoms with Crippen molar-refractivity contribution in [3.8, 4) is 0 Å². The molecule has 11 atom stereocenters. The molecular formula is C31H50O6. The third-order valence-electron chi connectivity index (χ3n) is 12.4. The van der Waals surface area contributed by atoms with Gasteiger partial charge in [-0.3, -0.25) is 9.59 Å². The highest BCUT2D eigenvalue weighted by Crippen LogP contribution is 2.68. The molecule has 210 valence electrons. The van der Waals surface area contributed by atoms with Crippen LogP contribution in [0.4, 0.5) is 0 Å². The van der Waals surface area contributed by atoms with Gasteiger partial charge in [-0.25, -0.2) is 0 Å². The fourth-order valence-electron chi connectivity index (χ4n) is 10.1. The van der Waals surface area contributed by atoms with Crippen LogP contribution < -0.4 is 0 Å². The number of rotatable bonds is 6. The Bertz CT molecular complexity index is 885. The molecule has 1 aliphatic heterocycles. The van der Waals surface area contributed by atoms with Crippen LogP contribution in [0.2, 0.25) is 0 Å². The van der Waals surface area contributed by atoms with Gasteiger partial charge in [0.25, 0.3) is 0 Å². The smallest absolute Gasteiger partial charge is 0.306 e. The van der Waals surface area contributed by atoms with Gasteiger partial charge in [-0.05, 0) is 118 Å². The van der Waals surface area contributed by atoms with Crippen molar-refractivity contribution in [2.24, 2.45) is 52.3 Å². The number of aliphatic hydroxyl groups is 2. The zero-order chi connectivity index (χ0) is 26.8. The summed E-state index contributed by atoms with van der Waals surface area (Å²) in [4.78, 5) is 24.3. The van der Waals surface area contributed by atoms with Crippen molar-refractivity contribution in [2.75, 3.05) is 6.61 Å². The number of hydrogen-bond donors (Lipinski definition) is 2. The lowest BCUT2D eigenvalue weighted by atomic mass is 9.43. The first-order valence-corrected chi connectivity index (χ1v) is 15.1. The third kappa shape index (κ3) is 4.77. The Balaban J connectivity index is 1.21. The van der Waals surface area contributed by atoms with E-state index in [-0.39, 0.29) is 40.9 Å². The molecule has 6 nitrogen and oxygen atoms in total. The Morgan fingerprint density at radius 1 is 1.08 bits per heavy atom. The molecule has 6 heteroatoms. The summed E-state index contributed by atoms with van der Waals surface area (Å²) in [6.07, 6.45) is 9.53. The van der Waals surface area contributed by atoms with Gasteiger partial charge >= 0.3 is 11.9 Å². The Hall–Kier alpha value is -1.14. The minimum absolute atomic E-state index is 0.0816. The van der Waals surface area contributed by atoms with Gasteiger partial charge in [0.15, 0.2) is 0 Å². The van der Waals surface area contributed by atoms with Crippen molar-refractivity contribution in [1.29, 1.82) is 0 Å². The van der Waals surface area contributed by atoms with Crippen LogP contribution in [-0.4, -0.2) is 46.6 Å². The van der Waals surface area contributed by atoms with Crippen LogP contribution in [0.1, 0.15) is 105 Å². The number of fused-ring (bicyclic) bond motifs is 5. The maximum Gasteiger partial charge on any atom is 0.306 e. The van der Waals surface area contributed by atoms with Crippen LogP contribution >= 0.6 is 0 Å². The SMILES string of the molecule is CC(CCC(=O)OC(C)(C)C1COC(=O)C1)C1CCC2C3C(O)CC4C[C@H](O)CCC4(C)C3CCC12C. The zero-order valence-corrected chi connectivity index (χ0v) is 23.7. The van der Waals surface area contributed by atoms with Crippen molar-refractivity contribution in [3.63, 3.8) is 0 Å². The lowest BCUT2D eigenvalue weighted by Crippen LogP contribution is -2.58. The number of esters is 2. The molecule has 1 heterocycles. The van der Waals surface area contributed by atoms with Crippen molar-refractivity contribution in [1.82, 2.24) is 0 Å². The first-order chi connectivity index (χ1) is 17.3. The molecule has 0 aromatic rings. The molecule has 0 spiro atoms. The summed E-state index contributed by atoms with van der Waals surface area (Å²) in [6.45, 7) is 11.3. The Labute approximate surface area is 223 Å². The molecule has 4 aliphatic carbocycles. The van der Waals surface area contributed by atoms with Crippen LogP contribution in [-0.2, 0) is 19.1 Å². The number of hydrogen-bond acceptors (Lipinski definition) is 6.